The van der Waals surface area contributed by atoms with Gasteiger partial charge in [-0.05, 0) is 36.3 Å². The quantitative estimate of drug-likeness (QED) is 0.434. The second kappa shape index (κ2) is 11.5. The minimum atomic E-state index is 0.775. The first-order valence-electron chi connectivity index (χ1n) is 12.7. The summed E-state index contributed by atoms with van der Waals surface area (Å²) in [6.45, 7) is 10.7. The van der Waals surface area contributed by atoms with E-state index >= 15 is 0 Å². The van der Waals surface area contributed by atoms with Gasteiger partial charge in [-0.25, -0.2) is 0 Å². The lowest BCUT2D eigenvalue weighted by Gasteiger charge is -2.36. The van der Waals surface area contributed by atoms with E-state index in [0.717, 1.165) is 88.2 Å². The first-order valence-corrected chi connectivity index (χ1v) is 13.1. The summed E-state index contributed by atoms with van der Waals surface area (Å²) >= 11 is 6.13. The number of nitrogens with zero attached hydrogens (tertiary/aromatic N) is 3. The minimum absolute atomic E-state index is 0.775. The standard InChI is InChI=1S/C28H36ClN5O/c1-35-28-5-3-2-4-27(28)34-18-16-33(17-19-34)15-11-30-10-14-32-12-8-22(9-13-32)25-21-31-26-20-23(29)6-7-24(25)26/h2-8,20-21,30-31H,9-19H2,1H3. The number of piperazine rings is 1. The number of benzene rings is 2. The van der Waals surface area contributed by atoms with E-state index in [4.69, 9.17) is 16.3 Å². The lowest BCUT2D eigenvalue weighted by molar-refractivity contribution is 0.252. The zero-order valence-electron chi connectivity index (χ0n) is 20.6. The molecule has 1 fully saturated rings. The summed E-state index contributed by atoms with van der Waals surface area (Å²) in [6, 6.07) is 14.4. The molecule has 35 heavy (non-hydrogen) atoms. The Labute approximate surface area is 213 Å². The number of hydrogen-bond donors (Lipinski definition) is 2. The van der Waals surface area contributed by atoms with Gasteiger partial charge >= 0.3 is 0 Å². The van der Waals surface area contributed by atoms with Gasteiger partial charge in [0.2, 0.25) is 0 Å². The smallest absolute Gasteiger partial charge is 0.142 e. The maximum Gasteiger partial charge on any atom is 0.142 e. The summed E-state index contributed by atoms with van der Waals surface area (Å²) in [7, 11) is 1.75. The van der Waals surface area contributed by atoms with Crippen LogP contribution in [0.15, 0.2) is 54.7 Å². The van der Waals surface area contributed by atoms with Gasteiger partial charge in [0.05, 0.1) is 12.8 Å². The Morgan fingerprint density at radius 2 is 1.77 bits per heavy atom. The Morgan fingerprint density at radius 3 is 2.54 bits per heavy atom. The molecule has 0 radical (unpaired) electrons. The molecule has 0 spiro atoms. The van der Waals surface area contributed by atoms with Crippen LogP contribution in [0, 0.1) is 0 Å². The highest BCUT2D eigenvalue weighted by molar-refractivity contribution is 6.31. The number of halogens is 1. The third-order valence-electron chi connectivity index (χ3n) is 7.29. The molecule has 2 aliphatic heterocycles. The van der Waals surface area contributed by atoms with E-state index in [1.807, 2.05) is 24.3 Å². The van der Waals surface area contributed by atoms with E-state index < -0.39 is 0 Å². The summed E-state index contributed by atoms with van der Waals surface area (Å²) in [5.41, 5.74) is 5.08. The molecule has 2 aromatic carbocycles. The molecule has 3 aromatic rings. The molecule has 186 valence electrons. The van der Waals surface area contributed by atoms with Gasteiger partial charge in [-0.2, -0.15) is 0 Å². The molecule has 0 aliphatic carbocycles. The lowest BCUT2D eigenvalue weighted by atomic mass is 9.99. The SMILES string of the molecule is COc1ccccc1N1CCN(CCNCCN2CC=C(c3c[nH]c4cc(Cl)ccc34)CC2)CC1. The summed E-state index contributed by atoms with van der Waals surface area (Å²) < 4.78 is 5.53. The third kappa shape index (κ3) is 5.84. The minimum Gasteiger partial charge on any atom is -0.495 e. The van der Waals surface area contributed by atoms with Crippen LogP contribution in [0.5, 0.6) is 5.75 Å². The largest absolute Gasteiger partial charge is 0.495 e. The molecule has 5 rings (SSSR count). The maximum absolute atomic E-state index is 6.13. The van der Waals surface area contributed by atoms with E-state index in [1.54, 1.807) is 7.11 Å². The van der Waals surface area contributed by atoms with Gasteiger partial charge in [0.15, 0.2) is 0 Å². The van der Waals surface area contributed by atoms with Crippen molar-refractivity contribution < 1.29 is 4.74 Å². The summed E-state index contributed by atoms with van der Waals surface area (Å²) in [6.07, 6.45) is 5.61. The average Bonchev–Trinajstić information content (AvgIpc) is 3.32. The topological polar surface area (TPSA) is 46.8 Å². The van der Waals surface area contributed by atoms with Crippen molar-refractivity contribution in [2.24, 2.45) is 0 Å². The second-order valence-electron chi connectivity index (χ2n) is 9.42. The predicted octanol–water partition coefficient (Wildman–Crippen LogP) is 4.33. The predicted molar refractivity (Wildman–Crippen MR) is 147 cm³/mol. The molecule has 0 unspecified atom stereocenters. The maximum atomic E-state index is 6.13. The molecule has 0 atom stereocenters. The molecular weight excluding hydrogens is 458 g/mol. The molecule has 1 saturated heterocycles. The summed E-state index contributed by atoms with van der Waals surface area (Å²) in [5.74, 6) is 0.966. The van der Waals surface area contributed by atoms with Crippen LogP contribution in [-0.4, -0.2) is 87.3 Å². The monoisotopic (exact) mass is 493 g/mol. The van der Waals surface area contributed by atoms with Gasteiger partial charge in [0, 0.05) is 93.1 Å². The normalized spacial score (nSPS) is 17.7. The number of ether oxygens (including phenoxy) is 1. The summed E-state index contributed by atoms with van der Waals surface area (Å²) in [4.78, 5) is 10.9. The molecule has 1 aromatic heterocycles. The first-order chi connectivity index (χ1) is 17.2. The van der Waals surface area contributed by atoms with Gasteiger partial charge < -0.3 is 19.9 Å². The molecule has 6 nitrogen and oxygen atoms in total. The van der Waals surface area contributed by atoms with E-state index in [0.29, 0.717) is 0 Å². The van der Waals surface area contributed by atoms with Crippen molar-refractivity contribution in [1.82, 2.24) is 20.1 Å². The van der Waals surface area contributed by atoms with E-state index in [9.17, 15) is 0 Å². The number of methoxy groups -OCH3 is 1. The first kappa shape index (κ1) is 24.2. The van der Waals surface area contributed by atoms with Crippen molar-refractivity contribution in [3.05, 3.63) is 65.3 Å². The fraction of sp³-hybridized carbons (Fsp3) is 0.429. The highest BCUT2D eigenvalue weighted by atomic mass is 35.5. The molecule has 7 heteroatoms. The van der Waals surface area contributed by atoms with E-state index in [2.05, 4.69) is 55.5 Å². The third-order valence-corrected chi connectivity index (χ3v) is 7.53. The van der Waals surface area contributed by atoms with Crippen LogP contribution in [-0.2, 0) is 0 Å². The van der Waals surface area contributed by atoms with Crippen molar-refractivity contribution in [2.45, 2.75) is 6.42 Å². The van der Waals surface area contributed by atoms with Gasteiger partial charge in [-0.3, -0.25) is 9.80 Å². The van der Waals surface area contributed by atoms with E-state index in [-0.39, 0.29) is 0 Å². The van der Waals surface area contributed by atoms with Crippen molar-refractivity contribution in [1.29, 1.82) is 0 Å². The average molecular weight is 494 g/mol. The molecule has 0 amide bonds. The van der Waals surface area contributed by atoms with Crippen LogP contribution in [0.4, 0.5) is 5.69 Å². The Kier molecular flexibility index (Phi) is 7.94. The molecule has 2 N–H and O–H groups in total. The van der Waals surface area contributed by atoms with Crippen molar-refractivity contribution in [3.63, 3.8) is 0 Å². The number of H-pyrrole nitrogens is 1. The zero-order chi connectivity index (χ0) is 24.0. The molecule has 0 saturated carbocycles. The number of para-hydroxylation sites is 2. The van der Waals surface area contributed by atoms with Crippen LogP contribution in [0.2, 0.25) is 5.02 Å². The van der Waals surface area contributed by atoms with E-state index in [1.165, 1.54) is 22.2 Å². The number of anilines is 1. The number of fused-ring (bicyclic) bond motifs is 1. The van der Waals surface area contributed by atoms with Crippen LogP contribution in [0.1, 0.15) is 12.0 Å². The summed E-state index contributed by atoms with van der Waals surface area (Å²) in [5, 5.41) is 5.69. The molecular formula is C28H36ClN5O. The Balaban J connectivity index is 0.997. The highest BCUT2D eigenvalue weighted by Gasteiger charge is 2.19. The number of aromatic amines is 1. The van der Waals surface area contributed by atoms with Gasteiger partial charge in [-0.15, -0.1) is 0 Å². The van der Waals surface area contributed by atoms with Crippen LogP contribution in [0.3, 0.4) is 0 Å². The Hall–Kier alpha value is -2.51. The number of rotatable bonds is 9. The van der Waals surface area contributed by atoms with Gasteiger partial charge in [0.25, 0.3) is 0 Å². The van der Waals surface area contributed by atoms with Crippen molar-refractivity contribution in [2.75, 3.05) is 77.5 Å². The van der Waals surface area contributed by atoms with Gasteiger partial charge in [0.1, 0.15) is 5.75 Å². The van der Waals surface area contributed by atoms with Crippen molar-refractivity contribution in [3.8, 4) is 5.75 Å². The zero-order valence-corrected chi connectivity index (χ0v) is 21.4. The Bertz CT molecular complexity index is 1150. The van der Waals surface area contributed by atoms with Gasteiger partial charge in [-0.1, -0.05) is 35.9 Å². The molecule has 2 aliphatic rings. The Morgan fingerprint density at radius 1 is 0.971 bits per heavy atom. The fourth-order valence-electron chi connectivity index (χ4n) is 5.23. The van der Waals surface area contributed by atoms with Crippen LogP contribution in [0.25, 0.3) is 16.5 Å². The van der Waals surface area contributed by atoms with Crippen molar-refractivity contribution >= 4 is 33.8 Å². The highest BCUT2D eigenvalue weighted by Crippen LogP contribution is 2.31. The number of aromatic nitrogens is 1. The fourth-order valence-corrected chi connectivity index (χ4v) is 5.40. The lowest BCUT2D eigenvalue weighted by Crippen LogP contribution is -2.48. The van der Waals surface area contributed by atoms with Crippen LogP contribution < -0.4 is 15.0 Å². The molecule has 0 bridgehead atoms. The number of hydrogen-bond acceptors (Lipinski definition) is 5. The second-order valence-corrected chi connectivity index (χ2v) is 9.86. The van der Waals surface area contributed by atoms with Crippen LogP contribution >= 0.6 is 11.6 Å². The number of nitrogens with one attached hydrogen (secondary N) is 2. The molecule has 3 heterocycles.